The number of ether oxygens (including phenoxy) is 4. The topological polar surface area (TPSA) is 109 Å². The number of phenols is 1. The number of benzene rings is 2. The first kappa shape index (κ1) is 30.9. The van der Waals surface area contributed by atoms with E-state index >= 15 is 0 Å². The maximum atomic E-state index is 14.0. The number of allylic oxidation sites excluding steroid dienone is 1. The SMILES string of the molecule is CCCCOc1ccc(C2C(C(=O)OCC(C)C)=C(C)N=c3s/c(=C\c4ccc(O)c(OCC)c4)c(=O)n32)cc1OC. The van der Waals surface area contributed by atoms with Gasteiger partial charge in [0.1, 0.15) is 0 Å². The molecule has 1 atom stereocenters. The van der Waals surface area contributed by atoms with Gasteiger partial charge in [-0.2, -0.15) is 0 Å². The van der Waals surface area contributed by atoms with Crippen molar-refractivity contribution >= 4 is 23.4 Å². The van der Waals surface area contributed by atoms with Gasteiger partial charge in [-0.1, -0.05) is 50.7 Å². The number of aromatic hydroxyl groups is 1. The number of hydrogen-bond donors (Lipinski definition) is 1. The van der Waals surface area contributed by atoms with Crippen molar-refractivity contribution in [1.82, 2.24) is 4.57 Å². The van der Waals surface area contributed by atoms with Crippen molar-refractivity contribution < 1.29 is 28.8 Å². The lowest BCUT2D eigenvalue weighted by molar-refractivity contribution is -0.140. The van der Waals surface area contributed by atoms with Crippen LogP contribution in [-0.2, 0) is 9.53 Å². The average molecular weight is 595 g/mol. The van der Waals surface area contributed by atoms with E-state index in [9.17, 15) is 14.7 Å². The van der Waals surface area contributed by atoms with Gasteiger partial charge < -0.3 is 24.1 Å². The standard InChI is InChI=1S/C32H38N2O7S/c1-7-9-14-40-24-13-11-22(17-26(24)38-6)29-28(31(37)41-18-19(3)4)20(5)33-32-34(29)30(36)27(42-32)16-21-10-12-23(35)25(15-21)39-8-2/h10-13,15-17,19,29,35H,7-9,14,18H2,1-6H3/b27-16-. The van der Waals surface area contributed by atoms with Crippen LogP contribution in [0.25, 0.3) is 6.08 Å². The number of thiazole rings is 1. The first-order chi connectivity index (χ1) is 20.2. The van der Waals surface area contributed by atoms with E-state index in [1.807, 2.05) is 26.8 Å². The Balaban J connectivity index is 1.87. The van der Waals surface area contributed by atoms with Gasteiger partial charge in [0.2, 0.25) is 0 Å². The fourth-order valence-electron chi connectivity index (χ4n) is 4.56. The summed E-state index contributed by atoms with van der Waals surface area (Å²) < 4.78 is 24.7. The van der Waals surface area contributed by atoms with E-state index in [-0.39, 0.29) is 23.8 Å². The highest BCUT2D eigenvalue weighted by Gasteiger charge is 2.34. The number of carbonyl (C=O) groups excluding carboxylic acids is 1. The average Bonchev–Trinajstić information content (AvgIpc) is 3.27. The Morgan fingerprint density at radius 2 is 1.90 bits per heavy atom. The molecule has 10 heteroatoms. The number of phenolic OH excluding ortho intramolecular Hbond substituents is 1. The molecule has 0 fully saturated rings. The Hall–Kier alpha value is -4.05. The molecule has 224 valence electrons. The van der Waals surface area contributed by atoms with Crippen LogP contribution in [0.3, 0.4) is 0 Å². The summed E-state index contributed by atoms with van der Waals surface area (Å²) in [4.78, 5) is 32.6. The Morgan fingerprint density at radius 1 is 1.12 bits per heavy atom. The summed E-state index contributed by atoms with van der Waals surface area (Å²) >= 11 is 1.22. The number of carbonyl (C=O) groups is 1. The number of rotatable bonds is 12. The highest BCUT2D eigenvalue weighted by molar-refractivity contribution is 7.07. The summed E-state index contributed by atoms with van der Waals surface area (Å²) in [5.74, 6) is 1.06. The summed E-state index contributed by atoms with van der Waals surface area (Å²) in [7, 11) is 1.56. The van der Waals surface area contributed by atoms with Crippen LogP contribution in [0, 0.1) is 5.92 Å². The van der Waals surface area contributed by atoms with E-state index in [0.29, 0.717) is 62.2 Å². The molecule has 1 N–H and O–H groups in total. The number of hydrogen-bond acceptors (Lipinski definition) is 9. The summed E-state index contributed by atoms with van der Waals surface area (Å²) in [5.41, 5.74) is 1.81. The van der Waals surface area contributed by atoms with Crippen LogP contribution in [0.5, 0.6) is 23.0 Å². The van der Waals surface area contributed by atoms with Gasteiger partial charge in [0.15, 0.2) is 27.8 Å². The van der Waals surface area contributed by atoms with Gasteiger partial charge in [-0.15, -0.1) is 0 Å². The van der Waals surface area contributed by atoms with Crippen LogP contribution < -0.4 is 29.1 Å². The minimum absolute atomic E-state index is 0.0201. The molecule has 1 aliphatic heterocycles. The summed E-state index contributed by atoms with van der Waals surface area (Å²) in [5, 5.41) is 10.1. The molecule has 0 amide bonds. The second kappa shape index (κ2) is 13.7. The Kier molecular flexibility index (Phi) is 10.1. The van der Waals surface area contributed by atoms with Crippen molar-refractivity contribution in [3.8, 4) is 23.0 Å². The molecule has 0 radical (unpaired) electrons. The fraction of sp³-hybridized carbons (Fsp3) is 0.406. The van der Waals surface area contributed by atoms with E-state index in [4.69, 9.17) is 18.9 Å². The van der Waals surface area contributed by atoms with E-state index < -0.39 is 12.0 Å². The molecule has 9 nitrogen and oxygen atoms in total. The molecule has 2 heterocycles. The molecule has 1 aromatic heterocycles. The smallest absolute Gasteiger partial charge is 0.338 e. The van der Waals surface area contributed by atoms with Gasteiger partial charge in [-0.25, -0.2) is 9.79 Å². The zero-order chi connectivity index (χ0) is 30.4. The van der Waals surface area contributed by atoms with Crippen molar-refractivity contribution in [2.45, 2.75) is 53.5 Å². The van der Waals surface area contributed by atoms with Crippen molar-refractivity contribution in [2.75, 3.05) is 26.9 Å². The van der Waals surface area contributed by atoms with Crippen LogP contribution in [0.1, 0.15) is 64.6 Å². The van der Waals surface area contributed by atoms with Gasteiger partial charge in [0.25, 0.3) is 5.56 Å². The maximum Gasteiger partial charge on any atom is 0.338 e. The molecule has 3 aromatic rings. The van der Waals surface area contributed by atoms with E-state index in [0.717, 1.165) is 12.8 Å². The third-order valence-corrected chi connectivity index (χ3v) is 7.61. The minimum Gasteiger partial charge on any atom is -0.504 e. The Morgan fingerprint density at radius 3 is 2.60 bits per heavy atom. The minimum atomic E-state index is -0.791. The number of aromatic nitrogens is 1. The predicted molar refractivity (Wildman–Crippen MR) is 162 cm³/mol. The molecule has 1 aliphatic rings. The van der Waals surface area contributed by atoms with Crippen LogP contribution >= 0.6 is 11.3 Å². The molecule has 4 rings (SSSR count). The number of methoxy groups -OCH3 is 1. The molecule has 0 bridgehead atoms. The lowest BCUT2D eigenvalue weighted by Gasteiger charge is -2.25. The van der Waals surface area contributed by atoms with Gasteiger partial charge >= 0.3 is 5.97 Å². The third kappa shape index (κ3) is 6.70. The summed E-state index contributed by atoms with van der Waals surface area (Å²) in [6, 6.07) is 9.56. The molecular formula is C32H38N2O7S. The largest absolute Gasteiger partial charge is 0.504 e. The zero-order valence-corrected chi connectivity index (χ0v) is 25.7. The number of fused-ring (bicyclic) bond motifs is 1. The predicted octanol–water partition coefficient (Wildman–Crippen LogP) is 4.73. The van der Waals surface area contributed by atoms with Crippen LogP contribution in [0.4, 0.5) is 0 Å². The van der Waals surface area contributed by atoms with Crippen LogP contribution in [-0.4, -0.2) is 42.6 Å². The van der Waals surface area contributed by atoms with Crippen molar-refractivity contribution in [1.29, 1.82) is 0 Å². The summed E-state index contributed by atoms with van der Waals surface area (Å²) in [6.07, 6.45) is 3.63. The third-order valence-electron chi connectivity index (χ3n) is 6.63. The second-order valence-corrected chi connectivity index (χ2v) is 11.4. The molecule has 0 saturated heterocycles. The molecule has 0 aliphatic carbocycles. The zero-order valence-electron chi connectivity index (χ0n) is 24.9. The van der Waals surface area contributed by atoms with Crippen molar-refractivity contribution in [3.05, 3.63) is 78.5 Å². The van der Waals surface area contributed by atoms with Crippen LogP contribution in [0.2, 0.25) is 0 Å². The first-order valence-electron chi connectivity index (χ1n) is 14.1. The molecule has 1 unspecified atom stereocenters. The maximum absolute atomic E-state index is 14.0. The Bertz CT molecular complexity index is 1650. The second-order valence-electron chi connectivity index (χ2n) is 10.3. The van der Waals surface area contributed by atoms with Gasteiger partial charge in [-0.3, -0.25) is 9.36 Å². The lowest BCUT2D eigenvalue weighted by atomic mass is 9.95. The molecule has 0 spiro atoms. The molecule has 2 aromatic carbocycles. The normalized spacial score (nSPS) is 14.9. The van der Waals surface area contributed by atoms with Gasteiger partial charge in [-0.05, 0) is 67.7 Å². The quantitative estimate of drug-likeness (QED) is 0.239. The fourth-order valence-corrected chi connectivity index (χ4v) is 5.61. The first-order valence-corrected chi connectivity index (χ1v) is 15.0. The van der Waals surface area contributed by atoms with Gasteiger partial charge in [0.05, 0.1) is 48.8 Å². The van der Waals surface area contributed by atoms with Crippen LogP contribution in [0.15, 0.2) is 57.5 Å². The van der Waals surface area contributed by atoms with Crippen molar-refractivity contribution in [2.24, 2.45) is 10.9 Å². The van der Waals surface area contributed by atoms with E-state index in [2.05, 4.69) is 11.9 Å². The molecule has 42 heavy (non-hydrogen) atoms. The molecule has 0 saturated carbocycles. The Labute approximate surface area is 249 Å². The number of nitrogens with zero attached hydrogens (tertiary/aromatic N) is 2. The highest BCUT2D eigenvalue weighted by atomic mass is 32.1. The monoisotopic (exact) mass is 594 g/mol. The molecular weight excluding hydrogens is 556 g/mol. The summed E-state index contributed by atoms with van der Waals surface area (Å²) in [6.45, 7) is 10.8. The highest BCUT2D eigenvalue weighted by Crippen LogP contribution is 2.36. The van der Waals surface area contributed by atoms with Gasteiger partial charge in [0, 0.05) is 0 Å². The van der Waals surface area contributed by atoms with E-state index in [1.165, 1.54) is 22.0 Å². The lowest BCUT2D eigenvalue weighted by Crippen LogP contribution is -2.40. The number of unbranched alkanes of at least 4 members (excludes halogenated alkanes) is 1. The van der Waals surface area contributed by atoms with E-state index in [1.54, 1.807) is 44.4 Å². The number of esters is 1. The van der Waals surface area contributed by atoms with Crippen molar-refractivity contribution in [3.63, 3.8) is 0 Å².